The Kier molecular flexibility index (Phi) is 10.5. The van der Waals surface area contributed by atoms with Crippen molar-refractivity contribution in [1.29, 1.82) is 0 Å². The van der Waals surface area contributed by atoms with Crippen molar-refractivity contribution in [2.75, 3.05) is 20.1 Å². The van der Waals surface area contributed by atoms with Crippen molar-refractivity contribution in [3.05, 3.63) is 23.5 Å². The molecule has 0 unspecified atom stereocenters. The molecule has 4 heteroatoms. The molecule has 0 amide bonds. The number of rotatable bonds is 10. The molecular formula is C17H32N4. The Morgan fingerprint density at radius 3 is 2.52 bits per heavy atom. The van der Waals surface area contributed by atoms with Crippen molar-refractivity contribution in [3.8, 4) is 0 Å². The molecule has 4 nitrogen and oxygen atoms in total. The fourth-order valence-electron chi connectivity index (χ4n) is 1.99. The van der Waals surface area contributed by atoms with Crippen molar-refractivity contribution < 1.29 is 0 Å². The van der Waals surface area contributed by atoms with Crippen molar-refractivity contribution >= 4 is 11.9 Å². The first-order valence-corrected chi connectivity index (χ1v) is 7.81. The van der Waals surface area contributed by atoms with Gasteiger partial charge in [-0.1, -0.05) is 33.8 Å². The summed E-state index contributed by atoms with van der Waals surface area (Å²) in [7, 11) is 1.77. The predicted molar refractivity (Wildman–Crippen MR) is 95.1 cm³/mol. The van der Waals surface area contributed by atoms with E-state index in [1.807, 2.05) is 6.21 Å². The zero-order chi connectivity index (χ0) is 16.3. The molecular weight excluding hydrogens is 260 g/mol. The molecule has 0 fully saturated rings. The van der Waals surface area contributed by atoms with Crippen LogP contribution >= 0.6 is 0 Å². The van der Waals surface area contributed by atoms with Gasteiger partial charge in [0.15, 0.2) is 0 Å². The summed E-state index contributed by atoms with van der Waals surface area (Å²) < 4.78 is 0. The van der Waals surface area contributed by atoms with E-state index in [0.717, 1.165) is 48.5 Å². The fraction of sp³-hybridized carbons (Fsp3) is 0.647. The minimum Gasteiger partial charge on any atom is -0.385 e. The minimum absolute atomic E-state index is 0.317. The van der Waals surface area contributed by atoms with Crippen LogP contribution in [-0.2, 0) is 0 Å². The maximum Gasteiger partial charge on any atom is 0.0536 e. The summed E-state index contributed by atoms with van der Waals surface area (Å²) in [5.74, 6) is 0.317. The van der Waals surface area contributed by atoms with Gasteiger partial charge >= 0.3 is 0 Å². The lowest BCUT2D eigenvalue weighted by molar-refractivity contribution is 0.723. The van der Waals surface area contributed by atoms with Crippen molar-refractivity contribution in [2.45, 2.75) is 47.0 Å². The second-order valence-corrected chi connectivity index (χ2v) is 5.49. The van der Waals surface area contributed by atoms with Gasteiger partial charge in [0.1, 0.15) is 0 Å². The average molecular weight is 292 g/mol. The number of nitrogens with zero attached hydrogens (tertiary/aromatic N) is 2. The predicted octanol–water partition coefficient (Wildman–Crippen LogP) is 3.31. The van der Waals surface area contributed by atoms with Gasteiger partial charge in [-0.15, -0.1) is 0 Å². The molecule has 0 radical (unpaired) electrons. The second kappa shape index (κ2) is 11.3. The van der Waals surface area contributed by atoms with E-state index in [2.05, 4.69) is 44.6 Å². The van der Waals surface area contributed by atoms with E-state index in [1.54, 1.807) is 7.05 Å². The number of aliphatic imine (C=N–C) groups is 2. The van der Waals surface area contributed by atoms with Gasteiger partial charge in [0, 0.05) is 36.8 Å². The molecule has 0 saturated carbocycles. The highest BCUT2D eigenvalue weighted by Gasteiger charge is 2.12. The summed E-state index contributed by atoms with van der Waals surface area (Å²) in [6, 6.07) is 0. The van der Waals surface area contributed by atoms with Crippen LogP contribution in [0.1, 0.15) is 47.0 Å². The monoisotopic (exact) mass is 292 g/mol. The summed E-state index contributed by atoms with van der Waals surface area (Å²) in [6.07, 6.45) is 4.88. The molecule has 0 aromatic heterocycles. The minimum atomic E-state index is 0.317. The first kappa shape index (κ1) is 19.6. The van der Waals surface area contributed by atoms with Crippen LogP contribution < -0.4 is 11.1 Å². The van der Waals surface area contributed by atoms with E-state index in [0.29, 0.717) is 12.5 Å². The topological polar surface area (TPSA) is 62.8 Å². The SMILES string of the molecule is C=C(NCCCN)C(/C=N\C)=C(\N=C(\C)CCC)C(C)C. The van der Waals surface area contributed by atoms with Gasteiger partial charge in [0.25, 0.3) is 0 Å². The van der Waals surface area contributed by atoms with Crippen molar-refractivity contribution in [2.24, 2.45) is 21.6 Å². The molecule has 0 aromatic carbocycles. The van der Waals surface area contributed by atoms with Gasteiger partial charge in [0.05, 0.1) is 5.70 Å². The Bertz CT molecular complexity index is 403. The maximum atomic E-state index is 5.53. The smallest absolute Gasteiger partial charge is 0.0536 e. The number of hydrogen-bond acceptors (Lipinski definition) is 4. The fourth-order valence-corrected chi connectivity index (χ4v) is 1.99. The summed E-state index contributed by atoms with van der Waals surface area (Å²) in [5, 5.41) is 3.32. The third-order valence-corrected chi connectivity index (χ3v) is 3.05. The van der Waals surface area contributed by atoms with Gasteiger partial charge in [-0.2, -0.15) is 0 Å². The van der Waals surface area contributed by atoms with Crippen LogP contribution in [-0.4, -0.2) is 32.1 Å². The Hall–Kier alpha value is -1.42. The van der Waals surface area contributed by atoms with Gasteiger partial charge < -0.3 is 11.1 Å². The van der Waals surface area contributed by atoms with Crippen LogP contribution in [0.3, 0.4) is 0 Å². The van der Waals surface area contributed by atoms with Gasteiger partial charge in [-0.25, -0.2) is 0 Å². The summed E-state index contributed by atoms with van der Waals surface area (Å²) >= 11 is 0. The van der Waals surface area contributed by atoms with Crippen LogP contribution in [0.15, 0.2) is 33.5 Å². The van der Waals surface area contributed by atoms with E-state index in [4.69, 9.17) is 10.7 Å². The highest BCUT2D eigenvalue weighted by molar-refractivity contribution is 5.88. The van der Waals surface area contributed by atoms with Gasteiger partial charge in [-0.05, 0) is 32.2 Å². The maximum absolute atomic E-state index is 5.53. The molecule has 0 bridgehead atoms. The highest BCUT2D eigenvalue weighted by Crippen LogP contribution is 2.20. The molecule has 0 aliphatic rings. The highest BCUT2D eigenvalue weighted by atomic mass is 14.9. The van der Waals surface area contributed by atoms with E-state index in [1.165, 1.54) is 0 Å². The van der Waals surface area contributed by atoms with E-state index in [-0.39, 0.29) is 0 Å². The molecule has 3 N–H and O–H groups in total. The molecule has 0 aliphatic carbocycles. The van der Waals surface area contributed by atoms with Crippen molar-refractivity contribution in [3.63, 3.8) is 0 Å². The molecule has 0 aromatic rings. The lowest BCUT2D eigenvalue weighted by atomic mass is 10.0. The third-order valence-electron chi connectivity index (χ3n) is 3.05. The standard InChI is InChI=1S/C17H32N4/c1-7-9-14(4)21-17(13(2)3)16(12-19-6)15(5)20-11-8-10-18/h12-13,20H,5,7-11,18H2,1-4,6H3/b17-16-,19-12-,21-14-. The summed E-state index contributed by atoms with van der Waals surface area (Å²) in [4.78, 5) is 8.98. The summed E-state index contributed by atoms with van der Waals surface area (Å²) in [5.41, 5.74) is 9.57. The van der Waals surface area contributed by atoms with Crippen LogP contribution in [0.4, 0.5) is 0 Å². The number of allylic oxidation sites excluding steroid dienone is 2. The lowest BCUT2D eigenvalue weighted by Crippen LogP contribution is -2.20. The first-order chi connectivity index (χ1) is 9.97. The molecule has 0 aliphatic heterocycles. The second-order valence-electron chi connectivity index (χ2n) is 5.49. The van der Waals surface area contributed by atoms with Gasteiger partial charge in [0.2, 0.25) is 0 Å². The van der Waals surface area contributed by atoms with Crippen LogP contribution in [0.25, 0.3) is 0 Å². The van der Waals surface area contributed by atoms with E-state index < -0.39 is 0 Å². The first-order valence-electron chi connectivity index (χ1n) is 7.81. The van der Waals surface area contributed by atoms with Crippen LogP contribution in [0.5, 0.6) is 0 Å². The third kappa shape index (κ3) is 7.81. The molecule has 21 heavy (non-hydrogen) atoms. The average Bonchev–Trinajstić information content (AvgIpc) is 2.42. The Labute approximate surface area is 130 Å². The molecule has 0 atom stereocenters. The number of nitrogens with two attached hydrogens (primary N) is 1. The van der Waals surface area contributed by atoms with E-state index >= 15 is 0 Å². The number of nitrogens with one attached hydrogen (secondary N) is 1. The molecule has 0 rings (SSSR count). The molecule has 0 heterocycles. The Morgan fingerprint density at radius 2 is 2.05 bits per heavy atom. The van der Waals surface area contributed by atoms with Crippen molar-refractivity contribution in [1.82, 2.24) is 5.32 Å². The largest absolute Gasteiger partial charge is 0.385 e. The molecule has 0 saturated heterocycles. The van der Waals surface area contributed by atoms with E-state index in [9.17, 15) is 0 Å². The number of hydrogen-bond donors (Lipinski definition) is 2. The lowest BCUT2D eigenvalue weighted by Gasteiger charge is -2.16. The van der Waals surface area contributed by atoms with Gasteiger partial charge in [-0.3, -0.25) is 9.98 Å². The molecule has 0 spiro atoms. The quantitative estimate of drug-likeness (QED) is 0.368. The van der Waals surface area contributed by atoms with Crippen LogP contribution in [0.2, 0.25) is 0 Å². The Morgan fingerprint density at radius 1 is 1.38 bits per heavy atom. The molecule has 120 valence electrons. The normalized spacial score (nSPS) is 13.8. The zero-order valence-corrected chi connectivity index (χ0v) is 14.4. The summed E-state index contributed by atoms with van der Waals surface area (Å²) in [6.45, 7) is 14.2. The zero-order valence-electron chi connectivity index (χ0n) is 14.4. The Balaban J connectivity index is 5.44. The van der Waals surface area contributed by atoms with Crippen LogP contribution in [0, 0.1) is 5.92 Å².